The minimum absolute atomic E-state index is 0.0459. The van der Waals surface area contributed by atoms with Gasteiger partial charge in [-0.1, -0.05) is 11.2 Å². The van der Waals surface area contributed by atoms with E-state index >= 15 is 0 Å². The number of aliphatic imine (C=N–C) groups is 1. The van der Waals surface area contributed by atoms with Gasteiger partial charge in [-0.2, -0.15) is 18.2 Å². The molecule has 1 heterocycles. The van der Waals surface area contributed by atoms with Crippen molar-refractivity contribution in [1.29, 1.82) is 0 Å². The van der Waals surface area contributed by atoms with Crippen LogP contribution in [-0.2, 0) is 19.3 Å². The van der Waals surface area contributed by atoms with Crippen LogP contribution in [0.3, 0.4) is 0 Å². The Morgan fingerprint density at radius 1 is 1.21 bits per heavy atom. The molecule has 160 valence electrons. The first-order valence-electron chi connectivity index (χ1n) is 9.18. The van der Waals surface area contributed by atoms with E-state index < -0.39 is 17.3 Å². The molecule has 0 saturated carbocycles. The molecule has 0 unspecified atom stereocenters. The fourth-order valence-electron chi connectivity index (χ4n) is 2.45. The summed E-state index contributed by atoms with van der Waals surface area (Å²) in [4.78, 5) is 8.31. The van der Waals surface area contributed by atoms with Crippen LogP contribution < -0.4 is 15.4 Å². The van der Waals surface area contributed by atoms with E-state index in [-0.39, 0.29) is 24.4 Å². The molecule has 0 saturated heterocycles. The number of aromatic nitrogens is 2. The van der Waals surface area contributed by atoms with E-state index in [4.69, 9.17) is 9.26 Å². The Morgan fingerprint density at radius 2 is 1.93 bits per heavy atom. The second-order valence-electron chi connectivity index (χ2n) is 7.32. The van der Waals surface area contributed by atoms with Crippen LogP contribution in [0.4, 0.5) is 13.2 Å². The average molecular weight is 413 g/mol. The number of hydrogen-bond acceptors (Lipinski definition) is 5. The number of aryl methyl sites for hydroxylation is 1. The smallest absolute Gasteiger partial charge is 0.416 e. The van der Waals surface area contributed by atoms with Crippen molar-refractivity contribution in [1.82, 2.24) is 20.8 Å². The summed E-state index contributed by atoms with van der Waals surface area (Å²) in [5, 5.41) is 9.61. The summed E-state index contributed by atoms with van der Waals surface area (Å²) in [6.07, 6.45) is -4.52. The Labute approximate surface area is 167 Å². The molecule has 10 heteroatoms. The minimum atomic E-state index is -4.52. The molecule has 29 heavy (non-hydrogen) atoms. The lowest BCUT2D eigenvalue weighted by Crippen LogP contribution is -2.36. The van der Waals surface area contributed by atoms with E-state index in [2.05, 4.69) is 25.8 Å². The van der Waals surface area contributed by atoms with Crippen LogP contribution in [-0.4, -0.2) is 28.2 Å². The third kappa shape index (κ3) is 7.28. The van der Waals surface area contributed by atoms with Gasteiger partial charge in [0, 0.05) is 6.54 Å². The number of nitrogens with one attached hydrogen (secondary N) is 2. The second-order valence-corrected chi connectivity index (χ2v) is 7.32. The van der Waals surface area contributed by atoms with Crippen molar-refractivity contribution in [3.05, 3.63) is 41.0 Å². The predicted octanol–water partition coefficient (Wildman–Crippen LogP) is 3.83. The number of ether oxygens (including phenoxy) is 1. The third-order valence-corrected chi connectivity index (χ3v) is 3.54. The zero-order valence-corrected chi connectivity index (χ0v) is 17.1. The molecule has 0 aliphatic rings. The molecule has 7 nitrogen and oxygen atoms in total. The Morgan fingerprint density at radius 3 is 2.48 bits per heavy atom. The van der Waals surface area contributed by atoms with Gasteiger partial charge < -0.3 is 19.9 Å². The highest BCUT2D eigenvalue weighted by molar-refractivity contribution is 5.79. The molecule has 0 bridgehead atoms. The molecule has 0 atom stereocenters. The number of halogens is 3. The van der Waals surface area contributed by atoms with Gasteiger partial charge in [0.1, 0.15) is 11.4 Å². The summed E-state index contributed by atoms with van der Waals surface area (Å²) in [5.74, 6) is 1.35. The molecule has 2 aromatic rings. The first kappa shape index (κ1) is 22.5. The Balaban J connectivity index is 2.19. The van der Waals surface area contributed by atoms with Gasteiger partial charge in [-0.15, -0.1) is 0 Å². The summed E-state index contributed by atoms with van der Waals surface area (Å²) < 4.78 is 51.2. The number of benzene rings is 1. The van der Waals surface area contributed by atoms with Crippen molar-refractivity contribution >= 4 is 5.96 Å². The Bertz CT molecular complexity index is 841. The van der Waals surface area contributed by atoms with Crippen LogP contribution in [0.25, 0.3) is 0 Å². The summed E-state index contributed by atoms with van der Waals surface area (Å²) in [5.41, 5.74) is -1.33. The molecular weight excluding hydrogens is 387 g/mol. The van der Waals surface area contributed by atoms with Crippen LogP contribution in [0.15, 0.2) is 27.7 Å². The topological polar surface area (TPSA) is 84.6 Å². The van der Waals surface area contributed by atoms with Crippen LogP contribution in [0.1, 0.15) is 50.5 Å². The number of hydrogen-bond donors (Lipinski definition) is 2. The number of alkyl halides is 3. The summed E-state index contributed by atoms with van der Waals surface area (Å²) in [7, 11) is 0. The molecule has 2 rings (SSSR count). The molecule has 0 fully saturated rings. The molecule has 0 spiro atoms. The van der Waals surface area contributed by atoms with Crippen LogP contribution in [0.2, 0.25) is 0 Å². The third-order valence-electron chi connectivity index (χ3n) is 3.54. The van der Waals surface area contributed by atoms with Crippen LogP contribution >= 0.6 is 0 Å². The number of nitrogens with zero attached hydrogens (tertiary/aromatic N) is 3. The lowest BCUT2D eigenvalue weighted by Gasteiger charge is -2.22. The first-order chi connectivity index (χ1) is 13.5. The Kier molecular flexibility index (Phi) is 7.10. The van der Waals surface area contributed by atoms with Crippen LogP contribution in [0, 0.1) is 6.92 Å². The van der Waals surface area contributed by atoms with Gasteiger partial charge in [0.15, 0.2) is 11.8 Å². The average Bonchev–Trinajstić information content (AvgIpc) is 3.01. The molecule has 0 aliphatic heterocycles. The SMILES string of the molecule is CCNC(=NCc1ccc(OC(C)(C)C)cc1C(F)(F)F)NCc1nc(C)no1. The van der Waals surface area contributed by atoms with Crippen molar-refractivity contribution in [2.45, 2.75) is 59.5 Å². The van der Waals surface area contributed by atoms with Crippen molar-refractivity contribution in [3.8, 4) is 5.75 Å². The lowest BCUT2D eigenvalue weighted by atomic mass is 10.1. The molecule has 0 amide bonds. The molecular formula is C19H26F3N5O2. The number of rotatable bonds is 6. The van der Waals surface area contributed by atoms with E-state index in [1.165, 1.54) is 12.1 Å². The van der Waals surface area contributed by atoms with Gasteiger partial charge in [-0.25, -0.2) is 4.99 Å². The van der Waals surface area contributed by atoms with E-state index in [1.54, 1.807) is 27.7 Å². The van der Waals surface area contributed by atoms with Gasteiger partial charge in [-0.3, -0.25) is 0 Å². The second kappa shape index (κ2) is 9.15. The fraction of sp³-hybridized carbons (Fsp3) is 0.526. The first-order valence-corrected chi connectivity index (χ1v) is 9.18. The summed E-state index contributed by atoms with van der Waals surface area (Å²) in [6, 6.07) is 3.92. The van der Waals surface area contributed by atoms with E-state index in [0.29, 0.717) is 24.2 Å². The lowest BCUT2D eigenvalue weighted by molar-refractivity contribution is -0.138. The molecule has 0 radical (unpaired) electrons. The highest BCUT2D eigenvalue weighted by Gasteiger charge is 2.34. The standard InChI is InChI=1S/C19H26F3N5O2/c1-6-23-17(25-11-16-26-12(2)27-29-16)24-10-13-7-8-14(28-18(3,4)5)9-15(13)19(20,21)22/h7-9H,6,10-11H2,1-5H3,(H2,23,24,25). The fourth-order valence-corrected chi connectivity index (χ4v) is 2.45. The van der Waals surface area contributed by atoms with Gasteiger partial charge in [-0.05, 0) is 52.3 Å². The zero-order chi connectivity index (χ0) is 21.7. The van der Waals surface area contributed by atoms with Crippen molar-refractivity contribution in [2.24, 2.45) is 4.99 Å². The largest absolute Gasteiger partial charge is 0.488 e. The van der Waals surface area contributed by atoms with E-state index in [9.17, 15) is 13.2 Å². The minimum Gasteiger partial charge on any atom is -0.488 e. The predicted molar refractivity (Wildman–Crippen MR) is 103 cm³/mol. The Hall–Kier alpha value is -2.78. The maximum atomic E-state index is 13.5. The normalized spacial score (nSPS) is 12.8. The molecule has 1 aromatic carbocycles. The maximum Gasteiger partial charge on any atom is 0.416 e. The molecule has 0 aliphatic carbocycles. The van der Waals surface area contributed by atoms with E-state index in [0.717, 1.165) is 6.07 Å². The molecule has 2 N–H and O–H groups in total. The van der Waals surface area contributed by atoms with Gasteiger partial charge in [0.2, 0.25) is 5.89 Å². The quantitative estimate of drug-likeness (QED) is 0.553. The van der Waals surface area contributed by atoms with Crippen molar-refractivity contribution in [2.75, 3.05) is 6.54 Å². The van der Waals surface area contributed by atoms with E-state index in [1.807, 2.05) is 6.92 Å². The highest BCUT2D eigenvalue weighted by atomic mass is 19.4. The van der Waals surface area contributed by atoms with Crippen molar-refractivity contribution < 1.29 is 22.4 Å². The van der Waals surface area contributed by atoms with Crippen LogP contribution in [0.5, 0.6) is 5.75 Å². The number of guanidine groups is 1. The summed E-state index contributed by atoms with van der Waals surface area (Å²) in [6.45, 7) is 9.46. The van der Waals surface area contributed by atoms with Gasteiger partial charge >= 0.3 is 6.18 Å². The maximum absolute atomic E-state index is 13.5. The molecule has 1 aromatic heterocycles. The van der Waals surface area contributed by atoms with Gasteiger partial charge in [0.25, 0.3) is 0 Å². The zero-order valence-electron chi connectivity index (χ0n) is 17.1. The highest BCUT2D eigenvalue weighted by Crippen LogP contribution is 2.35. The summed E-state index contributed by atoms with van der Waals surface area (Å²) >= 11 is 0. The van der Waals surface area contributed by atoms with Gasteiger partial charge in [0.05, 0.1) is 18.7 Å². The van der Waals surface area contributed by atoms with Crippen molar-refractivity contribution in [3.63, 3.8) is 0 Å². The monoisotopic (exact) mass is 413 g/mol.